The molecule has 1 aliphatic heterocycles. The highest BCUT2D eigenvalue weighted by Gasteiger charge is 2.17. The summed E-state index contributed by atoms with van der Waals surface area (Å²) in [6.45, 7) is 4.37. The Morgan fingerprint density at radius 1 is 1.12 bits per heavy atom. The average Bonchev–Trinajstić information content (AvgIpc) is 3.09. The van der Waals surface area contributed by atoms with Gasteiger partial charge in [0.25, 0.3) is 0 Å². The molecule has 0 aliphatic carbocycles. The molecular formula is C21H22N2O3. The summed E-state index contributed by atoms with van der Waals surface area (Å²) < 4.78 is 11.2. The van der Waals surface area contributed by atoms with Gasteiger partial charge in [0.1, 0.15) is 13.2 Å². The topological polar surface area (TPSA) is 54.6 Å². The van der Waals surface area contributed by atoms with E-state index < -0.39 is 0 Å². The third-order valence-corrected chi connectivity index (χ3v) is 4.73. The number of carbonyl (C=O) groups excluding carboxylic acids is 1. The second-order valence-corrected chi connectivity index (χ2v) is 6.42. The number of H-pyrrole nitrogens is 1. The van der Waals surface area contributed by atoms with Gasteiger partial charge in [-0.05, 0) is 36.2 Å². The van der Waals surface area contributed by atoms with Crippen LogP contribution in [-0.2, 0) is 17.8 Å². The van der Waals surface area contributed by atoms with E-state index in [1.165, 1.54) is 0 Å². The number of benzene rings is 2. The van der Waals surface area contributed by atoms with Crippen LogP contribution in [0.4, 0.5) is 0 Å². The number of nitrogens with one attached hydrogen (secondary N) is 1. The summed E-state index contributed by atoms with van der Waals surface area (Å²) in [4.78, 5) is 17.9. The molecule has 1 aliphatic rings. The minimum atomic E-state index is 0.118. The van der Waals surface area contributed by atoms with Gasteiger partial charge in [-0.15, -0.1) is 0 Å². The molecule has 0 bridgehead atoms. The molecule has 0 unspecified atom stereocenters. The number of amides is 1. The SMILES string of the molecule is CCN(Cc1ccc2c(c1)OCCO2)C(=O)Cc1c[nH]c2ccccc12. The Bertz CT molecular complexity index is 932. The maximum absolute atomic E-state index is 12.8. The van der Waals surface area contributed by atoms with Crippen LogP contribution in [-0.4, -0.2) is 35.5 Å². The third-order valence-electron chi connectivity index (χ3n) is 4.73. The molecule has 26 heavy (non-hydrogen) atoms. The zero-order valence-electron chi connectivity index (χ0n) is 14.8. The van der Waals surface area contributed by atoms with E-state index in [-0.39, 0.29) is 5.91 Å². The van der Waals surface area contributed by atoms with Crippen LogP contribution in [0.15, 0.2) is 48.7 Å². The van der Waals surface area contributed by atoms with Gasteiger partial charge in [0.2, 0.25) is 5.91 Å². The number of nitrogens with zero attached hydrogens (tertiary/aromatic N) is 1. The van der Waals surface area contributed by atoms with Crippen molar-refractivity contribution >= 4 is 16.8 Å². The minimum absolute atomic E-state index is 0.118. The molecule has 0 atom stereocenters. The van der Waals surface area contributed by atoms with Gasteiger partial charge < -0.3 is 19.4 Å². The van der Waals surface area contributed by atoms with Crippen molar-refractivity contribution in [2.45, 2.75) is 19.9 Å². The van der Waals surface area contributed by atoms with Crippen LogP contribution in [0.1, 0.15) is 18.1 Å². The maximum Gasteiger partial charge on any atom is 0.227 e. The Morgan fingerprint density at radius 2 is 1.92 bits per heavy atom. The second-order valence-electron chi connectivity index (χ2n) is 6.42. The van der Waals surface area contributed by atoms with Crippen LogP contribution in [0.5, 0.6) is 11.5 Å². The number of hydrogen-bond acceptors (Lipinski definition) is 3. The normalized spacial score (nSPS) is 13.0. The molecule has 2 heterocycles. The van der Waals surface area contributed by atoms with E-state index in [4.69, 9.17) is 9.47 Å². The average molecular weight is 350 g/mol. The lowest BCUT2D eigenvalue weighted by atomic mass is 10.1. The lowest BCUT2D eigenvalue weighted by molar-refractivity contribution is -0.130. The predicted molar refractivity (Wildman–Crippen MR) is 101 cm³/mol. The number of likely N-dealkylation sites (N-methyl/N-ethyl adjacent to an activating group) is 1. The van der Waals surface area contributed by atoms with Gasteiger partial charge in [-0.25, -0.2) is 0 Å². The summed E-state index contributed by atoms with van der Waals surface area (Å²) in [7, 11) is 0. The van der Waals surface area contributed by atoms with Gasteiger partial charge in [-0.1, -0.05) is 24.3 Å². The summed E-state index contributed by atoms with van der Waals surface area (Å²) in [5, 5.41) is 1.11. The van der Waals surface area contributed by atoms with E-state index in [0.717, 1.165) is 33.5 Å². The minimum Gasteiger partial charge on any atom is -0.486 e. The monoisotopic (exact) mass is 350 g/mol. The van der Waals surface area contributed by atoms with Gasteiger partial charge in [0.05, 0.1) is 6.42 Å². The molecular weight excluding hydrogens is 328 g/mol. The Labute approximate surface area is 152 Å². The van der Waals surface area contributed by atoms with Crippen molar-refractivity contribution in [3.05, 3.63) is 59.8 Å². The van der Waals surface area contributed by atoms with Crippen molar-refractivity contribution in [1.82, 2.24) is 9.88 Å². The van der Waals surface area contributed by atoms with Crippen molar-refractivity contribution in [3.63, 3.8) is 0 Å². The first-order valence-electron chi connectivity index (χ1n) is 8.96. The molecule has 3 aromatic rings. The highest BCUT2D eigenvalue weighted by molar-refractivity contribution is 5.88. The Morgan fingerprint density at radius 3 is 2.77 bits per heavy atom. The first kappa shape index (κ1) is 16.5. The maximum atomic E-state index is 12.8. The van der Waals surface area contributed by atoms with Crippen LogP contribution in [0.2, 0.25) is 0 Å². The van der Waals surface area contributed by atoms with E-state index in [0.29, 0.717) is 32.7 Å². The zero-order chi connectivity index (χ0) is 17.9. The van der Waals surface area contributed by atoms with E-state index >= 15 is 0 Å². The fourth-order valence-electron chi connectivity index (χ4n) is 3.34. The van der Waals surface area contributed by atoms with E-state index in [2.05, 4.69) is 4.98 Å². The standard InChI is InChI=1S/C21H22N2O3/c1-2-23(14-15-7-8-19-20(11-15)26-10-9-25-19)21(24)12-16-13-22-18-6-4-3-5-17(16)18/h3-8,11,13,22H,2,9-10,12,14H2,1H3. The third kappa shape index (κ3) is 3.25. The van der Waals surface area contributed by atoms with Crippen LogP contribution >= 0.6 is 0 Å². The van der Waals surface area contributed by atoms with Crippen LogP contribution in [0.3, 0.4) is 0 Å². The summed E-state index contributed by atoms with van der Waals surface area (Å²) in [6.07, 6.45) is 2.32. The quantitative estimate of drug-likeness (QED) is 0.766. The lowest BCUT2D eigenvalue weighted by Gasteiger charge is -2.23. The summed E-state index contributed by atoms with van der Waals surface area (Å²) >= 11 is 0. The number of aromatic nitrogens is 1. The number of ether oxygens (including phenoxy) is 2. The van der Waals surface area contributed by atoms with Gasteiger partial charge in [0, 0.05) is 30.2 Å². The summed E-state index contributed by atoms with van der Waals surface area (Å²) in [5.74, 6) is 1.65. The lowest BCUT2D eigenvalue weighted by Crippen LogP contribution is -2.31. The van der Waals surface area contributed by atoms with E-state index in [9.17, 15) is 4.79 Å². The molecule has 1 N–H and O–H groups in total. The number of rotatable bonds is 5. The highest BCUT2D eigenvalue weighted by Crippen LogP contribution is 2.31. The number of para-hydroxylation sites is 1. The van der Waals surface area contributed by atoms with Crippen molar-refractivity contribution in [2.75, 3.05) is 19.8 Å². The highest BCUT2D eigenvalue weighted by atomic mass is 16.6. The molecule has 134 valence electrons. The van der Waals surface area contributed by atoms with Gasteiger partial charge in [-0.3, -0.25) is 4.79 Å². The van der Waals surface area contributed by atoms with Crippen molar-refractivity contribution in [3.8, 4) is 11.5 Å². The summed E-state index contributed by atoms with van der Waals surface area (Å²) in [6, 6.07) is 13.9. The van der Waals surface area contributed by atoms with E-state index in [1.807, 2.05) is 60.5 Å². The number of fused-ring (bicyclic) bond motifs is 2. The Kier molecular flexibility index (Phi) is 4.52. The molecule has 0 radical (unpaired) electrons. The molecule has 0 saturated heterocycles. The van der Waals surface area contributed by atoms with Gasteiger partial charge >= 0.3 is 0 Å². The van der Waals surface area contributed by atoms with Crippen molar-refractivity contribution in [1.29, 1.82) is 0 Å². The van der Waals surface area contributed by atoms with Crippen LogP contribution in [0.25, 0.3) is 10.9 Å². The molecule has 2 aromatic carbocycles. The zero-order valence-corrected chi connectivity index (χ0v) is 14.8. The number of aromatic amines is 1. The molecule has 1 aromatic heterocycles. The molecule has 0 fully saturated rings. The Balaban J connectivity index is 1.49. The number of carbonyl (C=O) groups is 1. The fraction of sp³-hybridized carbons (Fsp3) is 0.286. The first-order chi connectivity index (χ1) is 12.7. The van der Waals surface area contributed by atoms with E-state index in [1.54, 1.807) is 0 Å². The van der Waals surface area contributed by atoms with Crippen LogP contribution < -0.4 is 9.47 Å². The first-order valence-corrected chi connectivity index (χ1v) is 8.96. The predicted octanol–water partition coefficient (Wildman–Crippen LogP) is 3.53. The molecule has 0 saturated carbocycles. The summed E-state index contributed by atoms with van der Waals surface area (Å²) in [5.41, 5.74) is 3.14. The van der Waals surface area contributed by atoms with Crippen molar-refractivity contribution in [2.24, 2.45) is 0 Å². The smallest absolute Gasteiger partial charge is 0.227 e. The number of hydrogen-bond donors (Lipinski definition) is 1. The van der Waals surface area contributed by atoms with Gasteiger partial charge in [-0.2, -0.15) is 0 Å². The van der Waals surface area contributed by atoms with Crippen molar-refractivity contribution < 1.29 is 14.3 Å². The molecule has 4 rings (SSSR count). The molecule has 5 nitrogen and oxygen atoms in total. The van der Waals surface area contributed by atoms with Gasteiger partial charge in [0.15, 0.2) is 11.5 Å². The van der Waals surface area contributed by atoms with Crippen LogP contribution in [0, 0.1) is 0 Å². The fourth-order valence-corrected chi connectivity index (χ4v) is 3.34. The molecule has 5 heteroatoms. The Hall–Kier alpha value is -2.95. The largest absolute Gasteiger partial charge is 0.486 e. The molecule has 1 amide bonds. The second kappa shape index (κ2) is 7.12. The molecule has 0 spiro atoms.